The number of carbonyl (C=O) groups excluding carboxylic acids is 3. The highest BCUT2D eigenvalue weighted by Crippen LogP contribution is 2.04. The van der Waals surface area contributed by atoms with E-state index in [0.29, 0.717) is 5.69 Å². The van der Waals surface area contributed by atoms with E-state index < -0.39 is 60.2 Å². The van der Waals surface area contributed by atoms with E-state index in [-0.39, 0.29) is 24.3 Å². The number of H-pyrrole nitrogens is 1. The second kappa shape index (κ2) is 13.6. The van der Waals surface area contributed by atoms with Gasteiger partial charge in [0.1, 0.15) is 18.1 Å². The standard InChI is InChI=1S/C17H26N6O7S2/c18-9(5-31)14(26)23-12(6-32)16(28)21-10(1-2-13(24)25)15(27)22-11(17(29)30)3-8-4-19-7-20-8/h4,7,9-12,31-32H,1-3,5-6,18H2,(H,19,20)(H,21,28)(H,22,27)(H,23,26)(H,24,25)(H,29,30). The Morgan fingerprint density at radius 2 is 1.56 bits per heavy atom. The number of imidazole rings is 1. The number of thiol groups is 2. The lowest BCUT2D eigenvalue weighted by atomic mass is 10.1. The molecule has 1 aromatic rings. The van der Waals surface area contributed by atoms with Crippen LogP contribution < -0.4 is 21.7 Å². The minimum atomic E-state index is -1.37. The average molecular weight is 491 g/mol. The number of carboxylic acids is 2. The van der Waals surface area contributed by atoms with Gasteiger partial charge in [-0.3, -0.25) is 19.2 Å². The van der Waals surface area contributed by atoms with Crippen LogP contribution in [0.5, 0.6) is 0 Å². The van der Waals surface area contributed by atoms with Crippen molar-refractivity contribution in [3.8, 4) is 0 Å². The fourth-order valence-electron chi connectivity index (χ4n) is 2.45. The van der Waals surface area contributed by atoms with Gasteiger partial charge in [-0.15, -0.1) is 0 Å². The largest absolute Gasteiger partial charge is 0.481 e. The number of aliphatic carboxylic acids is 2. The maximum atomic E-state index is 12.7. The van der Waals surface area contributed by atoms with Crippen molar-refractivity contribution in [3.63, 3.8) is 0 Å². The summed E-state index contributed by atoms with van der Waals surface area (Å²) in [7, 11) is 0. The molecule has 4 unspecified atom stereocenters. The zero-order chi connectivity index (χ0) is 24.3. The number of hydrogen-bond donors (Lipinski definition) is 9. The first-order chi connectivity index (χ1) is 15.1. The van der Waals surface area contributed by atoms with Gasteiger partial charge >= 0.3 is 11.9 Å². The molecule has 0 fully saturated rings. The summed E-state index contributed by atoms with van der Waals surface area (Å²) in [5.74, 6) is -5.04. The van der Waals surface area contributed by atoms with Gasteiger partial charge in [0, 0.05) is 36.2 Å². The van der Waals surface area contributed by atoms with Gasteiger partial charge in [0.05, 0.1) is 12.4 Å². The summed E-state index contributed by atoms with van der Waals surface area (Å²) in [5, 5.41) is 25.3. The minimum Gasteiger partial charge on any atom is -0.481 e. The lowest BCUT2D eigenvalue weighted by Gasteiger charge is -2.24. The number of nitrogens with zero attached hydrogens (tertiary/aromatic N) is 1. The fraction of sp³-hybridized carbons (Fsp3) is 0.529. The van der Waals surface area contributed by atoms with Crippen LogP contribution >= 0.6 is 25.3 Å². The van der Waals surface area contributed by atoms with E-state index in [4.69, 9.17) is 10.8 Å². The Hall–Kier alpha value is -2.78. The van der Waals surface area contributed by atoms with Crippen molar-refractivity contribution >= 4 is 54.9 Å². The summed E-state index contributed by atoms with van der Waals surface area (Å²) in [4.78, 5) is 66.1. The van der Waals surface area contributed by atoms with Gasteiger partial charge in [0.15, 0.2) is 0 Å². The van der Waals surface area contributed by atoms with Gasteiger partial charge in [-0.25, -0.2) is 9.78 Å². The van der Waals surface area contributed by atoms with Crippen LogP contribution in [-0.2, 0) is 30.4 Å². The molecule has 4 atom stereocenters. The van der Waals surface area contributed by atoms with E-state index in [2.05, 4.69) is 51.2 Å². The average Bonchev–Trinajstić information content (AvgIpc) is 3.26. The highest BCUT2D eigenvalue weighted by atomic mass is 32.1. The molecule has 0 radical (unpaired) electrons. The molecule has 8 N–H and O–H groups in total. The van der Waals surface area contributed by atoms with E-state index in [1.807, 2.05) is 0 Å². The SMILES string of the molecule is NC(CS)C(=O)NC(CS)C(=O)NC(CCC(=O)O)C(=O)NC(Cc1cnc[nH]1)C(=O)O. The van der Waals surface area contributed by atoms with E-state index >= 15 is 0 Å². The Morgan fingerprint density at radius 3 is 2.06 bits per heavy atom. The van der Waals surface area contributed by atoms with Crippen LogP contribution in [0.3, 0.4) is 0 Å². The number of amides is 3. The Balaban J connectivity index is 2.90. The molecule has 0 aromatic carbocycles. The molecule has 0 spiro atoms. The number of nitrogens with one attached hydrogen (secondary N) is 4. The molecule has 1 heterocycles. The molecule has 3 amide bonds. The highest BCUT2D eigenvalue weighted by Gasteiger charge is 2.30. The summed E-state index contributed by atoms with van der Waals surface area (Å²) in [6, 6.07) is -4.88. The van der Waals surface area contributed by atoms with Crippen LogP contribution in [0.4, 0.5) is 0 Å². The number of carboxylic acid groups (broad SMARTS) is 2. The molecule has 0 aliphatic carbocycles. The summed E-state index contributed by atoms with van der Waals surface area (Å²) in [6.45, 7) is 0. The summed E-state index contributed by atoms with van der Waals surface area (Å²) in [5.41, 5.74) is 6.00. The lowest BCUT2D eigenvalue weighted by Crippen LogP contribution is -2.58. The van der Waals surface area contributed by atoms with Crippen molar-refractivity contribution in [3.05, 3.63) is 18.2 Å². The summed E-state index contributed by atoms with van der Waals surface area (Å²) in [6.07, 6.45) is 1.84. The van der Waals surface area contributed by atoms with Crippen molar-refractivity contribution in [1.82, 2.24) is 25.9 Å². The molecule has 0 bridgehead atoms. The number of hydrogen-bond acceptors (Lipinski definition) is 9. The Labute approximate surface area is 194 Å². The minimum absolute atomic E-state index is 0.0310. The summed E-state index contributed by atoms with van der Waals surface area (Å²) < 4.78 is 0. The number of carbonyl (C=O) groups is 5. The maximum Gasteiger partial charge on any atom is 0.326 e. The third-order valence-electron chi connectivity index (χ3n) is 4.22. The molecule has 0 saturated carbocycles. The first-order valence-corrected chi connectivity index (χ1v) is 10.7. The molecular weight excluding hydrogens is 464 g/mol. The number of nitrogens with two attached hydrogens (primary N) is 1. The molecule has 32 heavy (non-hydrogen) atoms. The zero-order valence-electron chi connectivity index (χ0n) is 16.9. The van der Waals surface area contributed by atoms with E-state index in [0.717, 1.165) is 0 Å². The van der Waals surface area contributed by atoms with Gasteiger partial charge in [0.2, 0.25) is 17.7 Å². The van der Waals surface area contributed by atoms with Crippen LogP contribution in [0.25, 0.3) is 0 Å². The summed E-state index contributed by atoms with van der Waals surface area (Å²) >= 11 is 7.90. The number of aromatic amines is 1. The first kappa shape index (κ1) is 27.3. The van der Waals surface area contributed by atoms with E-state index in [1.54, 1.807) is 0 Å². The predicted octanol–water partition coefficient (Wildman–Crippen LogP) is -2.46. The topological polar surface area (TPSA) is 217 Å². The maximum absolute atomic E-state index is 12.7. The Kier molecular flexibility index (Phi) is 11.6. The van der Waals surface area contributed by atoms with Gasteiger partial charge in [-0.2, -0.15) is 25.3 Å². The Morgan fingerprint density at radius 1 is 0.969 bits per heavy atom. The van der Waals surface area contributed by atoms with Crippen molar-refractivity contribution in [2.45, 2.75) is 43.4 Å². The van der Waals surface area contributed by atoms with Crippen LogP contribution in [0.15, 0.2) is 12.5 Å². The second-order valence-corrected chi connectivity index (χ2v) is 7.44. The third kappa shape index (κ3) is 9.15. The molecule has 0 aliphatic rings. The van der Waals surface area contributed by atoms with Gasteiger partial charge in [-0.05, 0) is 6.42 Å². The molecule has 1 rings (SSSR count). The monoisotopic (exact) mass is 490 g/mol. The highest BCUT2D eigenvalue weighted by molar-refractivity contribution is 7.80. The zero-order valence-corrected chi connectivity index (χ0v) is 18.6. The predicted molar refractivity (Wildman–Crippen MR) is 118 cm³/mol. The molecule has 178 valence electrons. The number of aromatic nitrogens is 2. The molecule has 15 heteroatoms. The van der Waals surface area contributed by atoms with Crippen LogP contribution in [0.1, 0.15) is 18.5 Å². The third-order valence-corrected chi connectivity index (χ3v) is 4.98. The second-order valence-electron chi connectivity index (χ2n) is 6.71. The Bertz CT molecular complexity index is 807. The van der Waals surface area contributed by atoms with Crippen LogP contribution in [0, 0.1) is 0 Å². The van der Waals surface area contributed by atoms with Crippen molar-refractivity contribution in [2.75, 3.05) is 11.5 Å². The van der Waals surface area contributed by atoms with Crippen LogP contribution in [0.2, 0.25) is 0 Å². The molecular formula is C17H26N6O7S2. The quantitative estimate of drug-likeness (QED) is 0.126. The van der Waals surface area contributed by atoms with Gasteiger partial charge in [0.25, 0.3) is 0 Å². The molecule has 1 aromatic heterocycles. The molecule has 13 nitrogen and oxygen atoms in total. The molecule has 0 aliphatic heterocycles. The van der Waals surface area contributed by atoms with E-state index in [9.17, 15) is 29.1 Å². The van der Waals surface area contributed by atoms with Gasteiger partial charge < -0.3 is 36.9 Å². The van der Waals surface area contributed by atoms with Crippen molar-refractivity contribution in [1.29, 1.82) is 0 Å². The number of rotatable bonds is 14. The van der Waals surface area contributed by atoms with Gasteiger partial charge in [-0.1, -0.05) is 0 Å². The lowest BCUT2D eigenvalue weighted by molar-refractivity contribution is -0.143. The van der Waals surface area contributed by atoms with Crippen molar-refractivity contribution in [2.24, 2.45) is 5.73 Å². The van der Waals surface area contributed by atoms with Crippen molar-refractivity contribution < 1.29 is 34.2 Å². The van der Waals surface area contributed by atoms with Crippen LogP contribution in [-0.4, -0.2) is 85.5 Å². The smallest absolute Gasteiger partial charge is 0.326 e. The normalized spacial score (nSPS) is 14.5. The molecule has 0 saturated heterocycles. The van der Waals surface area contributed by atoms with E-state index in [1.165, 1.54) is 12.5 Å². The fourth-order valence-corrected chi connectivity index (χ4v) is 2.88. The first-order valence-electron chi connectivity index (χ1n) is 9.39.